The maximum absolute atomic E-state index is 13.3. The van der Waals surface area contributed by atoms with Crippen molar-refractivity contribution in [2.24, 2.45) is 0 Å². The van der Waals surface area contributed by atoms with Gasteiger partial charge < -0.3 is 9.76 Å². The molecular weight excluding hydrogens is 230 g/mol. The van der Waals surface area contributed by atoms with E-state index in [4.69, 9.17) is 4.74 Å². The van der Waals surface area contributed by atoms with Crippen LogP contribution in [0.3, 0.4) is 0 Å². The average Bonchev–Trinajstić information content (AvgIpc) is 2.37. The van der Waals surface area contributed by atoms with E-state index in [1.54, 1.807) is 12.9 Å². The Kier molecular flexibility index (Phi) is 4.00. The van der Waals surface area contributed by atoms with Crippen molar-refractivity contribution in [2.45, 2.75) is 13.4 Å². The molecule has 2 aromatic rings. The highest BCUT2D eigenvalue weighted by atomic mass is 19.1. The van der Waals surface area contributed by atoms with Crippen molar-refractivity contribution in [2.75, 3.05) is 0 Å². The molecule has 0 aliphatic carbocycles. The van der Waals surface area contributed by atoms with E-state index in [0.29, 0.717) is 17.8 Å². The molecule has 0 unspecified atom stereocenters. The smallest absolute Gasteiger partial charge is 0.320 e. The molecule has 0 bridgehead atoms. The zero-order valence-corrected chi connectivity index (χ0v) is 10.1. The summed E-state index contributed by atoms with van der Waals surface area (Å²) in [6.07, 6.45) is 0. The van der Waals surface area contributed by atoms with Crippen LogP contribution < -0.4 is 10.2 Å². The van der Waals surface area contributed by atoms with E-state index in [0.717, 1.165) is 5.56 Å². The highest BCUT2D eigenvalue weighted by molar-refractivity contribution is 6.64. The summed E-state index contributed by atoms with van der Waals surface area (Å²) in [6, 6.07) is 13.9. The van der Waals surface area contributed by atoms with E-state index in [1.807, 2.05) is 30.3 Å². The maximum Gasteiger partial charge on any atom is 0.320 e. The molecule has 2 rings (SSSR count). The van der Waals surface area contributed by atoms with E-state index in [2.05, 4.69) is 0 Å². The van der Waals surface area contributed by atoms with Crippen molar-refractivity contribution in [1.29, 1.82) is 0 Å². The Morgan fingerprint density at radius 3 is 2.56 bits per heavy atom. The fourth-order valence-electron chi connectivity index (χ4n) is 1.65. The summed E-state index contributed by atoms with van der Waals surface area (Å²) >= 11 is 0. The van der Waals surface area contributed by atoms with Crippen molar-refractivity contribution in [3.8, 4) is 5.75 Å². The standard InChI is InChI=1S/C14H14BFO2/c1-15(17)12-7-13(16)9-14(8-12)18-10-11-5-3-2-4-6-11/h2-9,17H,10H2,1H3. The van der Waals surface area contributed by atoms with E-state index in [-0.39, 0.29) is 0 Å². The molecule has 0 heterocycles. The van der Waals surface area contributed by atoms with Gasteiger partial charge in [0.1, 0.15) is 18.2 Å². The molecule has 2 aromatic carbocycles. The van der Waals surface area contributed by atoms with Crippen LogP contribution in [-0.4, -0.2) is 11.9 Å². The molecule has 92 valence electrons. The van der Waals surface area contributed by atoms with Crippen LogP contribution in [0.25, 0.3) is 0 Å². The number of halogens is 1. The van der Waals surface area contributed by atoms with Gasteiger partial charge in [0.15, 0.2) is 0 Å². The monoisotopic (exact) mass is 244 g/mol. The van der Waals surface area contributed by atoms with Crippen LogP contribution in [0.2, 0.25) is 6.82 Å². The largest absolute Gasteiger partial charge is 0.489 e. The minimum Gasteiger partial charge on any atom is -0.489 e. The third-order valence-corrected chi connectivity index (χ3v) is 2.62. The lowest BCUT2D eigenvalue weighted by Gasteiger charge is -2.09. The molecule has 0 spiro atoms. The van der Waals surface area contributed by atoms with Crippen LogP contribution in [0.4, 0.5) is 4.39 Å². The fourth-order valence-corrected chi connectivity index (χ4v) is 1.65. The van der Waals surface area contributed by atoms with E-state index in [9.17, 15) is 9.41 Å². The van der Waals surface area contributed by atoms with Crippen LogP contribution >= 0.6 is 0 Å². The van der Waals surface area contributed by atoms with Gasteiger partial charge in [0.2, 0.25) is 0 Å². The van der Waals surface area contributed by atoms with Gasteiger partial charge in [-0.3, -0.25) is 0 Å². The molecule has 1 N–H and O–H groups in total. The summed E-state index contributed by atoms with van der Waals surface area (Å²) in [4.78, 5) is 0. The molecule has 18 heavy (non-hydrogen) atoms. The third kappa shape index (κ3) is 3.34. The Balaban J connectivity index is 2.10. The first-order valence-electron chi connectivity index (χ1n) is 5.80. The summed E-state index contributed by atoms with van der Waals surface area (Å²) in [5.41, 5.74) is 1.53. The van der Waals surface area contributed by atoms with Gasteiger partial charge in [-0.05, 0) is 23.2 Å². The van der Waals surface area contributed by atoms with Crippen LogP contribution in [0.1, 0.15) is 5.56 Å². The predicted molar refractivity (Wildman–Crippen MR) is 70.6 cm³/mol. The average molecular weight is 244 g/mol. The van der Waals surface area contributed by atoms with E-state index in [1.165, 1.54) is 12.1 Å². The summed E-state index contributed by atoms with van der Waals surface area (Å²) in [7, 11) is 0. The molecule has 0 radical (unpaired) electrons. The maximum atomic E-state index is 13.3. The zero-order chi connectivity index (χ0) is 13.0. The normalized spacial score (nSPS) is 10.2. The number of rotatable bonds is 4. The lowest BCUT2D eigenvalue weighted by atomic mass is 9.64. The second-order valence-electron chi connectivity index (χ2n) is 4.17. The second-order valence-corrected chi connectivity index (χ2v) is 4.17. The molecule has 2 nitrogen and oxygen atoms in total. The number of hydrogen-bond donors (Lipinski definition) is 1. The Bertz CT molecular complexity index is 514. The van der Waals surface area contributed by atoms with Crippen LogP contribution in [0.15, 0.2) is 48.5 Å². The fraction of sp³-hybridized carbons (Fsp3) is 0.143. The van der Waals surface area contributed by atoms with Gasteiger partial charge in [0, 0.05) is 6.07 Å². The van der Waals surface area contributed by atoms with Gasteiger partial charge in [-0.15, -0.1) is 0 Å². The SMILES string of the molecule is CB(O)c1cc(F)cc(OCc2ccccc2)c1. The lowest BCUT2D eigenvalue weighted by molar-refractivity contribution is 0.305. The first-order chi connectivity index (χ1) is 8.65. The Morgan fingerprint density at radius 1 is 1.17 bits per heavy atom. The predicted octanol–water partition coefficient (Wildman–Crippen LogP) is 2.23. The number of ether oxygens (including phenoxy) is 1. The van der Waals surface area contributed by atoms with Crippen LogP contribution in [0.5, 0.6) is 5.75 Å². The van der Waals surface area contributed by atoms with Gasteiger partial charge in [0.25, 0.3) is 0 Å². The van der Waals surface area contributed by atoms with Gasteiger partial charge >= 0.3 is 6.92 Å². The highest BCUT2D eigenvalue weighted by Gasteiger charge is 2.10. The molecule has 0 saturated carbocycles. The molecule has 0 aliphatic rings. The van der Waals surface area contributed by atoms with Crippen molar-refractivity contribution < 1.29 is 14.2 Å². The van der Waals surface area contributed by atoms with Crippen molar-refractivity contribution in [1.82, 2.24) is 0 Å². The van der Waals surface area contributed by atoms with Gasteiger partial charge in [0.05, 0.1) is 0 Å². The number of benzene rings is 2. The molecule has 0 fully saturated rings. The molecule has 0 amide bonds. The summed E-state index contributed by atoms with van der Waals surface area (Å²) < 4.78 is 18.8. The molecule has 0 atom stereocenters. The van der Waals surface area contributed by atoms with Crippen molar-refractivity contribution in [3.63, 3.8) is 0 Å². The van der Waals surface area contributed by atoms with Crippen LogP contribution in [0, 0.1) is 5.82 Å². The summed E-state index contributed by atoms with van der Waals surface area (Å²) in [5.74, 6) is 0.0196. The first-order valence-corrected chi connectivity index (χ1v) is 5.80. The third-order valence-electron chi connectivity index (χ3n) is 2.62. The quantitative estimate of drug-likeness (QED) is 0.835. The number of hydrogen-bond acceptors (Lipinski definition) is 2. The summed E-state index contributed by atoms with van der Waals surface area (Å²) in [5, 5.41) is 9.44. The molecule has 4 heteroatoms. The Morgan fingerprint density at radius 2 is 1.89 bits per heavy atom. The van der Waals surface area contributed by atoms with Crippen molar-refractivity contribution >= 4 is 12.4 Å². The summed E-state index contributed by atoms with van der Waals surface area (Å²) in [6.45, 7) is 1.26. The first kappa shape index (κ1) is 12.6. The Hall–Kier alpha value is -1.81. The van der Waals surface area contributed by atoms with E-state index < -0.39 is 12.7 Å². The van der Waals surface area contributed by atoms with Crippen LogP contribution in [-0.2, 0) is 6.61 Å². The van der Waals surface area contributed by atoms with Gasteiger partial charge in [-0.1, -0.05) is 37.2 Å². The molecule has 0 saturated heterocycles. The highest BCUT2D eigenvalue weighted by Crippen LogP contribution is 2.13. The van der Waals surface area contributed by atoms with Gasteiger partial charge in [-0.2, -0.15) is 0 Å². The minimum atomic E-state index is -0.709. The lowest BCUT2D eigenvalue weighted by Crippen LogP contribution is -2.26. The Labute approximate surface area is 106 Å². The van der Waals surface area contributed by atoms with Gasteiger partial charge in [-0.25, -0.2) is 4.39 Å². The molecule has 0 aromatic heterocycles. The topological polar surface area (TPSA) is 29.5 Å². The zero-order valence-electron chi connectivity index (χ0n) is 10.1. The minimum absolute atomic E-state index is 0.379. The molecular formula is C14H14BFO2. The molecule has 0 aliphatic heterocycles. The second kappa shape index (κ2) is 5.69. The van der Waals surface area contributed by atoms with E-state index >= 15 is 0 Å². The van der Waals surface area contributed by atoms with Crippen molar-refractivity contribution in [3.05, 3.63) is 59.9 Å².